The molecule has 1 aliphatic rings. The van der Waals surface area contributed by atoms with Crippen LogP contribution in [-0.2, 0) is 20.8 Å². The average Bonchev–Trinajstić information content (AvgIpc) is 2.72. The van der Waals surface area contributed by atoms with Crippen molar-refractivity contribution >= 4 is 29.1 Å². The molecule has 0 radical (unpaired) electrons. The van der Waals surface area contributed by atoms with E-state index in [1.54, 1.807) is 23.1 Å². The molecule has 0 saturated carbocycles. The van der Waals surface area contributed by atoms with Crippen LogP contribution in [-0.4, -0.2) is 48.9 Å². The molecule has 0 aliphatic carbocycles. The minimum atomic E-state index is -0.286. The molecule has 2 aromatic rings. The van der Waals surface area contributed by atoms with E-state index in [1.807, 2.05) is 44.2 Å². The largest absolute Gasteiger partial charge is 0.482 e. The number of hydrogen-bond acceptors (Lipinski definition) is 4. The molecule has 3 amide bonds. The van der Waals surface area contributed by atoms with Gasteiger partial charge in [-0.1, -0.05) is 30.3 Å². The van der Waals surface area contributed by atoms with Crippen LogP contribution in [0, 0.1) is 0 Å². The van der Waals surface area contributed by atoms with Gasteiger partial charge in [-0.15, -0.1) is 0 Å². The van der Waals surface area contributed by atoms with Crippen LogP contribution in [0.1, 0.15) is 19.4 Å². The maximum absolute atomic E-state index is 12.5. The van der Waals surface area contributed by atoms with Gasteiger partial charge in [0.05, 0.1) is 12.1 Å². The Morgan fingerprint density at radius 1 is 1.10 bits per heavy atom. The molecule has 152 valence electrons. The lowest BCUT2D eigenvalue weighted by Crippen LogP contribution is -2.46. The second-order valence-electron chi connectivity index (χ2n) is 6.73. The minimum absolute atomic E-state index is 0.0573. The van der Waals surface area contributed by atoms with Crippen LogP contribution in [0.3, 0.4) is 0 Å². The summed E-state index contributed by atoms with van der Waals surface area (Å²) < 4.78 is 5.49. The molecule has 0 atom stereocenters. The Morgan fingerprint density at radius 2 is 1.83 bits per heavy atom. The summed E-state index contributed by atoms with van der Waals surface area (Å²) in [7, 11) is 0. The summed E-state index contributed by atoms with van der Waals surface area (Å²) in [5.41, 5.74) is 1.94. The quantitative estimate of drug-likeness (QED) is 0.781. The van der Waals surface area contributed by atoms with Crippen molar-refractivity contribution in [3.8, 4) is 5.75 Å². The van der Waals surface area contributed by atoms with Crippen molar-refractivity contribution in [3.63, 3.8) is 0 Å². The topological polar surface area (TPSA) is 79.0 Å². The molecule has 7 nitrogen and oxygen atoms in total. The molecule has 3 rings (SSSR count). The number of hydrogen-bond donors (Lipinski definition) is 1. The van der Waals surface area contributed by atoms with Gasteiger partial charge in [0, 0.05) is 18.8 Å². The van der Waals surface area contributed by atoms with E-state index in [4.69, 9.17) is 4.74 Å². The van der Waals surface area contributed by atoms with E-state index in [2.05, 4.69) is 5.32 Å². The van der Waals surface area contributed by atoms with Gasteiger partial charge in [-0.2, -0.15) is 0 Å². The summed E-state index contributed by atoms with van der Waals surface area (Å²) in [6.07, 6.45) is 0.248. The van der Waals surface area contributed by atoms with Gasteiger partial charge in [-0.3, -0.25) is 19.3 Å². The van der Waals surface area contributed by atoms with Crippen molar-refractivity contribution in [2.24, 2.45) is 0 Å². The molecule has 1 aliphatic heterocycles. The van der Waals surface area contributed by atoms with Gasteiger partial charge in [0.2, 0.25) is 11.8 Å². The smallest absolute Gasteiger partial charge is 0.265 e. The standard InChI is InChI=1S/C22H25N3O4/c1-3-24(4-2)21(27)14-25-18-13-17(10-11-19(18)29-15-22(25)28)23-20(26)12-16-8-6-5-7-9-16/h5-11,13H,3-4,12,14-15H2,1-2H3,(H,23,26). The van der Waals surface area contributed by atoms with Gasteiger partial charge in [0.25, 0.3) is 5.91 Å². The second kappa shape index (κ2) is 9.23. The minimum Gasteiger partial charge on any atom is -0.482 e. The van der Waals surface area contributed by atoms with E-state index in [1.165, 1.54) is 4.90 Å². The Balaban J connectivity index is 1.76. The van der Waals surface area contributed by atoms with E-state index in [9.17, 15) is 14.4 Å². The highest BCUT2D eigenvalue weighted by atomic mass is 16.5. The van der Waals surface area contributed by atoms with Gasteiger partial charge in [-0.25, -0.2) is 0 Å². The Bertz CT molecular complexity index is 894. The predicted octanol–water partition coefficient (Wildman–Crippen LogP) is 2.46. The van der Waals surface area contributed by atoms with Crippen LogP contribution >= 0.6 is 0 Å². The second-order valence-corrected chi connectivity index (χ2v) is 6.73. The Labute approximate surface area is 170 Å². The molecule has 0 saturated heterocycles. The molecule has 1 heterocycles. The van der Waals surface area contributed by atoms with E-state index >= 15 is 0 Å². The van der Waals surface area contributed by atoms with Gasteiger partial charge in [0.1, 0.15) is 12.3 Å². The molecule has 0 unspecified atom stereocenters. The van der Waals surface area contributed by atoms with Crippen molar-refractivity contribution in [1.29, 1.82) is 0 Å². The molecule has 0 bridgehead atoms. The Hall–Kier alpha value is -3.35. The molecule has 29 heavy (non-hydrogen) atoms. The first-order valence-electron chi connectivity index (χ1n) is 9.70. The van der Waals surface area contributed by atoms with Crippen LogP contribution in [0.2, 0.25) is 0 Å². The van der Waals surface area contributed by atoms with Crippen molar-refractivity contribution < 1.29 is 19.1 Å². The third kappa shape index (κ3) is 4.93. The third-order valence-corrected chi connectivity index (χ3v) is 4.80. The fraction of sp³-hybridized carbons (Fsp3) is 0.318. The first-order valence-corrected chi connectivity index (χ1v) is 9.70. The fourth-order valence-electron chi connectivity index (χ4n) is 3.25. The lowest BCUT2D eigenvalue weighted by Gasteiger charge is -2.31. The van der Waals surface area contributed by atoms with Crippen molar-refractivity contribution in [2.45, 2.75) is 20.3 Å². The summed E-state index contributed by atoms with van der Waals surface area (Å²) in [5, 5.41) is 2.85. The molecule has 0 fully saturated rings. The fourth-order valence-corrected chi connectivity index (χ4v) is 3.25. The number of carbonyl (C=O) groups excluding carboxylic acids is 3. The Morgan fingerprint density at radius 3 is 2.52 bits per heavy atom. The van der Waals surface area contributed by atoms with E-state index in [0.29, 0.717) is 30.2 Å². The van der Waals surface area contributed by atoms with E-state index < -0.39 is 0 Å². The predicted molar refractivity (Wildman–Crippen MR) is 111 cm³/mol. The Kier molecular flexibility index (Phi) is 6.49. The molecule has 1 N–H and O–H groups in total. The first-order chi connectivity index (χ1) is 14.0. The first kappa shape index (κ1) is 20.4. The summed E-state index contributed by atoms with van der Waals surface area (Å²) in [6, 6.07) is 14.5. The third-order valence-electron chi connectivity index (χ3n) is 4.80. The van der Waals surface area contributed by atoms with Crippen molar-refractivity contribution in [1.82, 2.24) is 4.90 Å². The average molecular weight is 395 g/mol. The number of anilines is 2. The molecular weight excluding hydrogens is 370 g/mol. The highest BCUT2D eigenvalue weighted by Crippen LogP contribution is 2.34. The number of fused-ring (bicyclic) bond motifs is 1. The number of likely N-dealkylation sites (N-methyl/N-ethyl adjacent to an activating group) is 1. The SMILES string of the molecule is CCN(CC)C(=O)CN1C(=O)COc2ccc(NC(=O)Cc3ccccc3)cc21. The number of rotatable bonds is 7. The van der Waals surface area contributed by atoms with E-state index in [0.717, 1.165) is 5.56 Å². The normalized spacial score (nSPS) is 12.8. The maximum Gasteiger partial charge on any atom is 0.265 e. The number of nitrogens with zero attached hydrogens (tertiary/aromatic N) is 2. The van der Waals surface area contributed by atoms with E-state index in [-0.39, 0.29) is 37.3 Å². The van der Waals surface area contributed by atoms with Gasteiger partial charge < -0.3 is 15.0 Å². The summed E-state index contributed by atoms with van der Waals surface area (Å²) in [6.45, 7) is 4.79. The monoisotopic (exact) mass is 395 g/mol. The highest BCUT2D eigenvalue weighted by Gasteiger charge is 2.29. The molecule has 7 heteroatoms. The van der Waals surface area contributed by atoms with Gasteiger partial charge >= 0.3 is 0 Å². The lowest BCUT2D eigenvalue weighted by atomic mass is 10.1. The van der Waals surface area contributed by atoms with Crippen molar-refractivity contribution in [3.05, 3.63) is 54.1 Å². The zero-order valence-electron chi connectivity index (χ0n) is 16.7. The number of ether oxygens (including phenoxy) is 1. The maximum atomic E-state index is 12.5. The lowest BCUT2D eigenvalue weighted by molar-refractivity contribution is -0.131. The summed E-state index contributed by atoms with van der Waals surface area (Å²) >= 11 is 0. The molecule has 0 aromatic heterocycles. The molecular formula is C22H25N3O4. The highest BCUT2D eigenvalue weighted by molar-refractivity contribution is 6.03. The zero-order chi connectivity index (χ0) is 20.8. The van der Waals surface area contributed by atoms with Crippen LogP contribution in [0.5, 0.6) is 5.75 Å². The number of amides is 3. The van der Waals surface area contributed by atoms with Crippen molar-refractivity contribution in [2.75, 3.05) is 36.5 Å². The van der Waals surface area contributed by atoms with Crippen LogP contribution in [0.25, 0.3) is 0 Å². The van der Waals surface area contributed by atoms with Crippen LogP contribution in [0.15, 0.2) is 48.5 Å². The number of nitrogens with one attached hydrogen (secondary N) is 1. The summed E-state index contributed by atoms with van der Waals surface area (Å²) in [5.74, 6) is -0.0662. The van der Waals surface area contributed by atoms with Gasteiger partial charge in [0.15, 0.2) is 6.61 Å². The van der Waals surface area contributed by atoms with Gasteiger partial charge in [-0.05, 0) is 37.6 Å². The summed E-state index contributed by atoms with van der Waals surface area (Å²) in [4.78, 5) is 40.4. The van der Waals surface area contributed by atoms with Crippen LogP contribution in [0.4, 0.5) is 11.4 Å². The molecule has 0 spiro atoms. The van der Waals surface area contributed by atoms with Crippen LogP contribution < -0.4 is 15.0 Å². The zero-order valence-corrected chi connectivity index (χ0v) is 16.7. The number of carbonyl (C=O) groups is 3. The molecule has 2 aromatic carbocycles. The number of benzene rings is 2.